The Morgan fingerprint density at radius 1 is 0.925 bits per heavy atom. The van der Waals surface area contributed by atoms with E-state index in [1.165, 1.54) is 0 Å². The Morgan fingerprint density at radius 3 is 2.38 bits per heavy atom. The van der Waals surface area contributed by atoms with Crippen LogP contribution in [0.5, 0.6) is 5.75 Å². The summed E-state index contributed by atoms with van der Waals surface area (Å²) in [6, 6.07) is 20.8. The van der Waals surface area contributed by atoms with Gasteiger partial charge in [-0.2, -0.15) is 0 Å². The molecule has 2 heterocycles. The second kappa shape index (κ2) is 12.7. The largest absolute Gasteiger partial charge is 0.495 e. The van der Waals surface area contributed by atoms with Crippen molar-refractivity contribution >= 4 is 34.7 Å². The van der Waals surface area contributed by atoms with Gasteiger partial charge in [0.15, 0.2) is 0 Å². The smallest absolute Gasteiger partial charge is 0.323 e. The number of methoxy groups -OCH3 is 1. The van der Waals surface area contributed by atoms with Crippen molar-refractivity contribution in [1.82, 2.24) is 5.32 Å². The molecular weight excluding hydrogens is 506 g/mol. The van der Waals surface area contributed by atoms with Crippen molar-refractivity contribution in [1.29, 1.82) is 0 Å². The maximum Gasteiger partial charge on any atom is 0.323 e. The zero-order chi connectivity index (χ0) is 27.9. The summed E-state index contributed by atoms with van der Waals surface area (Å²) >= 11 is 0. The third-order valence-electron chi connectivity index (χ3n) is 7.45. The minimum atomic E-state index is -0.363. The van der Waals surface area contributed by atoms with Crippen LogP contribution in [0, 0.1) is 6.92 Å². The molecule has 40 heavy (non-hydrogen) atoms. The summed E-state index contributed by atoms with van der Waals surface area (Å²) in [4.78, 5) is 30.7. The highest BCUT2D eigenvalue weighted by molar-refractivity contribution is 6.04. The number of urea groups is 1. The fourth-order valence-corrected chi connectivity index (χ4v) is 5.26. The first-order chi connectivity index (χ1) is 19.5. The number of aryl methyl sites for hydroxylation is 1. The molecule has 0 saturated carbocycles. The van der Waals surface area contributed by atoms with Crippen LogP contribution in [0.3, 0.4) is 0 Å². The predicted molar refractivity (Wildman–Crippen MR) is 159 cm³/mol. The fourth-order valence-electron chi connectivity index (χ4n) is 5.26. The standard InChI is InChI=1S/C31H37N5O4/c1-22-8-3-4-10-26(22)34-31(38)33-23-13-14-27(25(20-23)30(37)32-21-24-9-7-19-40-24)35-15-17-36(18-16-35)28-11-5-6-12-29(28)39-2/h3-6,8,10-14,20,24H,7,9,15-19,21H2,1-2H3,(H,32,37)(H2,33,34,38). The average Bonchev–Trinajstić information content (AvgIpc) is 3.51. The van der Waals surface area contributed by atoms with Crippen molar-refractivity contribution in [3.8, 4) is 5.75 Å². The summed E-state index contributed by atoms with van der Waals surface area (Å²) < 4.78 is 11.3. The summed E-state index contributed by atoms with van der Waals surface area (Å²) in [5, 5.41) is 8.82. The molecule has 1 unspecified atom stereocenters. The van der Waals surface area contributed by atoms with Crippen LogP contribution in [-0.2, 0) is 4.74 Å². The Bertz CT molecular complexity index is 1330. The third-order valence-corrected chi connectivity index (χ3v) is 7.45. The monoisotopic (exact) mass is 543 g/mol. The molecule has 210 valence electrons. The predicted octanol–water partition coefficient (Wildman–Crippen LogP) is 4.88. The summed E-state index contributed by atoms with van der Waals surface area (Å²) in [7, 11) is 1.69. The van der Waals surface area contributed by atoms with Crippen LogP contribution in [0.2, 0.25) is 0 Å². The number of amides is 3. The molecule has 2 fully saturated rings. The van der Waals surface area contributed by atoms with E-state index in [4.69, 9.17) is 9.47 Å². The van der Waals surface area contributed by atoms with E-state index in [0.717, 1.165) is 74.0 Å². The van der Waals surface area contributed by atoms with Gasteiger partial charge in [0, 0.05) is 56.4 Å². The zero-order valence-corrected chi connectivity index (χ0v) is 23.1. The first-order valence-corrected chi connectivity index (χ1v) is 13.8. The fraction of sp³-hybridized carbons (Fsp3) is 0.355. The molecule has 2 aliphatic rings. The molecule has 3 amide bonds. The number of nitrogens with one attached hydrogen (secondary N) is 3. The van der Waals surface area contributed by atoms with Gasteiger partial charge in [0.05, 0.1) is 24.5 Å². The van der Waals surface area contributed by atoms with E-state index in [0.29, 0.717) is 17.8 Å². The van der Waals surface area contributed by atoms with Crippen molar-refractivity contribution in [2.45, 2.75) is 25.9 Å². The van der Waals surface area contributed by atoms with Crippen LogP contribution in [0.15, 0.2) is 66.7 Å². The number of carbonyl (C=O) groups is 2. The summed E-state index contributed by atoms with van der Waals surface area (Å²) in [6.45, 7) is 6.19. The Hall–Kier alpha value is -4.24. The molecule has 3 N–H and O–H groups in total. The molecule has 0 radical (unpaired) electrons. The van der Waals surface area contributed by atoms with Gasteiger partial charge in [0.2, 0.25) is 0 Å². The van der Waals surface area contributed by atoms with Crippen LogP contribution >= 0.6 is 0 Å². The molecule has 0 bridgehead atoms. The van der Waals surface area contributed by atoms with Crippen molar-refractivity contribution in [2.75, 3.05) is 66.9 Å². The highest BCUT2D eigenvalue weighted by Crippen LogP contribution is 2.31. The SMILES string of the molecule is COc1ccccc1N1CCN(c2ccc(NC(=O)Nc3ccccc3C)cc2C(=O)NCC2CCCO2)CC1. The lowest BCUT2D eigenvalue weighted by atomic mass is 10.1. The lowest BCUT2D eigenvalue weighted by Gasteiger charge is -2.38. The molecule has 3 aromatic rings. The number of piperazine rings is 1. The molecule has 0 aliphatic carbocycles. The van der Waals surface area contributed by atoms with Crippen LogP contribution in [0.4, 0.5) is 27.5 Å². The van der Waals surface area contributed by atoms with Gasteiger partial charge in [-0.3, -0.25) is 4.79 Å². The molecule has 5 rings (SSSR count). The molecule has 3 aromatic carbocycles. The highest BCUT2D eigenvalue weighted by atomic mass is 16.5. The Labute approximate surface area is 235 Å². The van der Waals surface area contributed by atoms with E-state index in [2.05, 4.69) is 31.8 Å². The van der Waals surface area contributed by atoms with Crippen molar-refractivity contribution in [3.05, 3.63) is 77.9 Å². The van der Waals surface area contributed by atoms with Gasteiger partial charge < -0.3 is 35.2 Å². The third kappa shape index (κ3) is 6.48. The normalized spacial score (nSPS) is 16.9. The van der Waals surface area contributed by atoms with E-state index < -0.39 is 0 Å². The number of hydrogen-bond donors (Lipinski definition) is 3. The Kier molecular flexibility index (Phi) is 8.71. The second-order valence-corrected chi connectivity index (χ2v) is 10.1. The molecule has 0 spiro atoms. The number of nitrogens with zero attached hydrogens (tertiary/aromatic N) is 2. The zero-order valence-electron chi connectivity index (χ0n) is 23.1. The summed E-state index contributed by atoms with van der Waals surface area (Å²) in [6.07, 6.45) is 1.99. The molecule has 9 nitrogen and oxygen atoms in total. The number of anilines is 4. The van der Waals surface area contributed by atoms with Gasteiger partial charge in [-0.15, -0.1) is 0 Å². The topological polar surface area (TPSA) is 95.2 Å². The van der Waals surface area contributed by atoms with Crippen LogP contribution in [0.1, 0.15) is 28.8 Å². The number of para-hydroxylation sites is 3. The van der Waals surface area contributed by atoms with Crippen molar-refractivity contribution < 1.29 is 19.1 Å². The first-order valence-electron chi connectivity index (χ1n) is 13.8. The van der Waals surface area contributed by atoms with Gasteiger partial charge >= 0.3 is 6.03 Å². The second-order valence-electron chi connectivity index (χ2n) is 10.1. The van der Waals surface area contributed by atoms with E-state index in [9.17, 15) is 9.59 Å². The maximum absolute atomic E-state index is 13.5. The van der Waals surface area contributed by atoms with Gasteiger partial charge in [-0.05, 0) is 61.7 Å². The molecule has 2 saturated heterocycles. The van der Waals surface area contributed by atoms with Crippen LogP contribution in [-0.4, -0.2) is 64.5 Å². The molecular formula is C31H37N5O4. The lowest BCUT2D eigenvalue weighted by molar-refractivity contribution is 0.0858. The Balaban J connectivity index is 1.32. The highest BCUT2D eigenvalue weighted by Gasteiger charge is 2.25. The lowest BCUT2D eigenvalue weighted by Crippen LogP contribution is -2.47. The minimum Gasteiger partial charge on any atom is -0.495 e. The first kappa shape index (κ1) is 27.3. The summed E-state index contributed by atoms with van der Waals surface area (Å²) in [5.41, 5.74) is 4.68. The molecule has 2 aliphatic heterocycles. The summed E-state index contributed by atoms with van der Waals surface area (Å²) in [5.74, 6) is 0.671. The quantitative estimate of drug-likeness (QED) is 0.375. The molecule has 1 atom stereocenters. The number of carbonyl (C=O) groups excluding carboxylic acids is 2. The minimum absolute atomic E-state index is 0.0398. The van der Waals surface area contributed by atoms with Crippen LogP contribution < -0.4 is 30.5 Å². The number of rotatable bonds is 8. The average molecular weight is 544 g/mol. The van der Waals surface area contributed by atoms with Gasteiger partial charge in [-0.1, -0.05) is 30.3 Å². The van der Waals surface area contributed by atoms with Gasteiger partial charge in [0.1, 0.15) is 5.75 Å². The van der Waals surface area contributed by atoms with E-state index >= 15 is 0 Å². The van der Waals surface area contributed by atoms with E-state index in [1.807, 2.05) is 61.5 Å². The van der Waals surface area contributed by atoms with Gasteiger partial charge in [-0.25, -0.2) is 4.79 Å². The van der Waals surface area contributed by atoms with E-state index in [1.54, 1.807) is 13.2 Å². The molecule has 9 heteroatoms. The molecule has 0 aromatic heterocycles. The number of benzene rings is 3. The van der Waals surface area contributed by atoms with E-state index in [-0.39, 0.29) is 18.0 Å². The van der Waals surface area contributed by atoms with Crippen molar-refractivity contribution in [2.24, 2.45) is 0 Å². The van der Waals surface area contributed by atoms with Gasteiger partial charge in [0.25, 0.3) is 5.91 Å². The van der Waals surface area contributed by atoms with Crippen LogP contribution in [0.25, 0.3) is 0 Å². The van der Waals surface area contributed by atoms with Crippen molar-refractivity contribution in [3.63, 3.8) is 0 Å². The number of ether oxygens (including phenoxy) is 2. The Morgan fingerprint density at radius 2 is 1.65 bits per heavy atom. The maximum atomic E-state index is 13.5. The number of hydrogen-bond acceptors (Lipinski definition) is 6.